The van der Waals surface area contributed by atoms with E-state index in [2.05, 4.69) is 6.07 Å². The summed E-state index contributed by atoms with van der Waals surface area (Å²) in [6.07, 6.45) is 2.59. The maximum atomic E-state index is 12.9. The zero-order chi connectivity index (χ0) is 18.9. The van der Waals surface area contributed by atoms with Gasteiger partial charge in [-0.1, -0.05) is 30.3 Å². The summed E-state index contributed by atoms with van der Waals surface area (Å²) in [6, 6.07) is 19.1. The molecule has 0 saturated carbocycles. The van der Waals surface area contributed by atoms with E-state index in [0.29, 0.717) is 31.7 Å². The third-order valence-electron chi connectivity index (χ3n) is 4.56. The van der Waals surface area contributed by atoms with Gasteiger partial charge in [0.2, 0.25) is 0 Å². The van der Waals surface area contributed by atoms with E-state index in [-0.39, 0.29) is 12.0 Å². The van der Waals surface area contributed by atoms with Crippen LogP contribution < -0.4 is 4.74 Å². The standard InChI is InChI=1S/C22H24N2O3/c23-13-5-14-24(16-18-6-2-1-3-7-18)22(25)19-9-11-20(12-10-19)27-17-21-8-4-15-26-21/h1-3,6-7,9-12,21H,4-5,8,14-17H2. The van der Waals surface area contributed by atoms with Gasteiger partial charge in [0.1, 0.15) is 12.4 Å². The number of nitrogens with zero attached hydrogens (tertiary/aromatic N) is 2. The topological polar surface area (TPSA) is 62.6 Å². The largest absolute Gasteiger partial charge is 0.491 e. The van der Waals surface area contributed by atoms with Gasteiger partial charge in [-0.3, -0.25) is 4.79 Å². The number of benzene rings is 2. The molecule has 1 aliphatic heterocycles. The molecule has 1 amide bonds. The summed E-state index contributed by atoms with van der Waals surface area (Å²) in [6.45, 7) is 2.23. The molecule has 140 valence electrons. The van der Waals surface area contributed by atoms with E-state index in [4.69, 9.17) is 14.7 Å². The lowest BCUT2D eigenvalue weighted by atomic mass is 10.1. The van der Waals surface area contributed by atoms with Crippen LogP contribution in [-0.2, 0) is 11.3 Å². The highest BCUT2D eigenvalue weighted by Gasteiger charge is 2.18. The second-order valence-corrected chi connectivity index (χ2v) is 6.59. The molecule has 5 nitrogen and oxygen atoms in total. The van der Waals surface area contributed by atoms with Crippen LogP contribution in [0.4, 0.5) is 0 Å². The second kappa shape index (κ2) is 9.75. The minimum atomic E-state index is -0.0835. The summed E-state index contributed by atoms with van der Waals surface area (Å²) in [5.74, 6) is 0.647. The average molecular weight is 364 g/mol. The van der Waals surface area contributed by atoms with Crippen LogP contribution in [0.2, 0.25) is 0 Å². The van der Waals surface area contributed by atoms with Crippen molar-refractivity contribution in [2.45, 2.75) is 31.9 Å². The Balaban J connectivity index is 1.62. The van der Waals surface area contributed by atoms with Gasteiger partial charge >= 0.3 is 0 Å². The predicted molar refractivity (Wildman–Crippen MR) is 102 cm³/mol. The Labute approximate surface area is 160 Å². The minimum absolute atomic E-state index is 0.0835. The molecule has 0 aliphatic carbocycles. The first kappa shape index (κ1) is 18.9. The Morgan fingerprint density at radius 1 is 1.19 bits per heavy atom. The van der Waals surface area contributed by atoms with E-state index < -0.39 is 0 Å². The molecule has 0 aromatic heterocycles. The fraction of sp³-hybridized carbons (Fsp3) is 0.364. The number of nitriles is 1. The number of rotatable bonds is 8. The first-order valence-electron chi connectivity index (χ1n) is 9.31. The Bertz CT molecular complexity index is 762. The maximum absolute atomic E-state index is 12.9. The van der Waals surface area contributed by atoms with Crippen LogP contribution in [0.5, 0.6) is 5.75 Å². The van der Waals surface area contributed by atoms with Crippen LogP contribution in [-0.4, -0.2) is 36.7 Å². The SMILES string of the molecule is N#CCCN(Cc1ccccc1)C(=O)c1ccc(OCC2CCCO2)cc1. The third kappa shape index (κ3) is 5.57. The van der Waals surface area contributed by atoms with Crippen molar-refractivity contribution in [2.24, 2.45) is 0 Å². The Kier molecular flexibility index (Phi) is 6.84. The quantitative estimate of drug-likeness (QED) is 0.715. The summed E-state index contributed by atoms with van der Waals surface area (Å²) in [7, 11) is 0. The van der Waals surface area contributed by atoms with Gasteiger partial charge < -0.3 is 14.4 Å². The average Bonchev–Trinajstić information content (AvgIpc) is 3.24. The predicted octanol–water partition coefficient (Wildman–Crippen LogP) is 3.80. The summed E-state index contributed by atoms with van der Waals surface area (Å²) in [5.41, 5.74) is 1.63. The van der Waals surface area contributed by atoms with Gasteiger partial charge in [-0.15, -0.1) is 0 Å². The van der Waals surface area contributed by atoms with Crippen molar-refractivity contribution in [1.82, 2.24) is 4.90 Å². The molecule has 0 spiro atoms. The molecule has 0 radical (unpaired) electrons. The van der Waals surface area contributed by atoms with Crippen molar-refractivity contribution in [1.29, 1.82) is 5.26 Å². The van der Waals surface area contributed by atoms with Crippen LogP contribution in [0.25, 0.3) is 0 Å². The third-order valence-corrected chi connectivity index (χ3v) is 4.56. The van der Waals surface area contributed by atoms with Crippen molar-refractivity contribution in [2.75, 3.05) is 19.8 Å². The van der Waals surface area contributed by atoms with Crippen LogP contribution in [0.1, 0.15) is 35.2 Å². The number of hydrogen-bond acceptors (Lipinski definition) is 4. The van der Waals surface area contributed by atoms with Gasteiger partial charge in [0.25, 0.3) is 5.91 Å². The highest BCUT2D eigenvalue weighted by atomic mass is 16.5. The fourth-order valence-corrected chi connectivity index (χ4v) is 3.08. The first-order chi connectivity index (χ1) is 13.3. The molecule has 1 fully saturated rings. The molecule has 3 rings (SSSR count). The van der Waals surface area contributed by atoms with Crippen molar-refractivity contribution in [3.63, 3.8) is 0 Å². The zero-order valence-electron chi connectivity index (χ0n) is 15.3. The molecular formula is C22H24N2O3. The molecule has 1 aliphatic rings. The monoisotopic (exact) mass is 364 g/mol. The summed E-state index contributed by atoms with van der Waals surface area (Å²) >= 11 is 0. The number of ether oxygens (including phenoxy) is 2. The van der Waals surface area contributed by atoms with Crippen molar-refractivity contribution >= 4 is 5.91 Å². The second-order valence-electron chi connectivity index (χ2n) is 6.59. The summed E-state index contributed by atoms with van der Waals surface area (Å²) in [4.78, 5) is 14.6. The molecular weight excluding hydrogens is 340 g/mol. The van der Waals surface area contributed by atoms with Gasteiger partial charge in [-0.05, 0) is 42.7 Å². The molecule has 0 bridgehead atoms. The van der Waals surface area contributed by atoms with E-state index in [1.54, 1.807) is 17.0 Å². The Morgan fingerprint density at radius 2 is 1.96 bits per heavy atom. The zero-order valence-corrected chi connectivity index (χ0v) is 15.3. The van der Waals surface area contributed by atoms with Crippen LogP contribution in [0.3, 0.4) is 0 Å². The van der Waals surface area contributed by atoms with E-state index >= 15 is 0 Å². The van der Waals surface area contributed by atoms with E-state index in [1.807, 2.05) is 42.5 Å². The number of carbonyl (C=O) groups excluding carboxylic acids is 1. The van der Waals surface area contributed by atoms with E-state index in [1.165, 1.54) is 0 Å². The van der Waals surface area contributed by atoms with Gasteiger partial charge in [0.05, 0.1) is 18.6 Å². The van der Waals surface area contributed by atoms with Crippen molar-refractivity contribution in [3.8, 4) is 11.8 Å². The lowest BCUT2D eigenvalue weighted by Crippen LogP contribution is -2.31. The lowest BCUT2D eigenvalue weighted by Gasteiger charge is -2.22. The fourth-order valence-electron chi connectivity index (χ4n) is 3.08. The molecule has 2 aromatic carbocycles. The molecule has 1 saturated heterocycles. The molecule has 1 heterocycles. The molecule has 1 unspecified atom stereocenters. The van der Waals surface area contributed by atoms with E-state index in [9.17, 15) is 4.79 Å². The van der Waals surface area contributed by atoms with Gasteiger partial charge in [-0.25, -0.2) is 0 Å². The van der Waals surface area contributed by atoms with Gasteiger partial charge in [0, 0.05) is 25.3 Å². The molecule has 1 atom stereocenters. The number of carbonyl (C=O) groups is 1. The maximum Gasteiger partial charge on any atom is 0.254 e. The minimum Gasteiger partial charge on any atom is -0.491 e. The first-order valence-corrected chi connectivity index (χ1v) is 9.31. The molecule has 5 heteroatoms. The Morgan fingerprint density at radius 3 is 2.63 bits per heavy atom. The Hall–Kier alpha value is -2.84. The van der Waals surface area contributed by atoms with E-state index in [0.717, 1.165) is 30.8 Å². The lowest BCUT2D eigenvalue weighted by molar-refractivity contribution is 0.0678. The van der Waals surface area contributed by atoms with Crippen LogP contribution in [0.15, 0.2) is 54.6 Å². The normalized spacial score (nSPS) is 15.9. The summed E-state index contributed by atoms with van der Waals surface area (Å²) < 4.78 is 11.3. The number of hydrogen-bond donors (Lipinski definition) is 0. The van der Waals surface area contributed by atoms with Crippen LogP contribution in [0, 0.1) is 11.3 Å². The van der Waals surface area contributed by atoms with Crippen molar-refractivity contribution in [3.05, 3.63) is 65.7 Å². The highest BCUT2D eigenvalue weighted by molar-refractivity contribution is 5.94. The highest BCUT2D eigenvalue weighted by Crippen LogP contribution is 2.18. The molecule has 2 aromatic rings. The number of amides is 1. The van der Waals surface area contributed by atoms with Gasteiger partial charge in [-0.2, -0.15) is 5.26 Å². The van der Waals surface area contributed by atoms with Gasteiger partial charge in [0.15, 0.2) is 0 Å². The smallest absolute Gasteiger partial charge is 0.254 e. The molecule has 27 heavy (non-hydrogen) atoms. The van der Waals surface area contributed by atoms with Crippen molar-refractivity contribution < 1.29 is 14.3 Å². The summed E-state index contributed by atoms with van der Waals surface area (Å²) in [5, 5.41) is 8.90. The molecule has 0 N–H and O–H groups in total. The van der Waals surface area contributed by atoms with Crippen LogP contribution >= 0.6 is 0 Å².